The van der Waals surface area contributed by atoms with E-state index in [0.717, 1.165) is 10.2 Å². The Morgan fingerprint density at radius 2 is 1.72 bits per heavy atom. The minimum Gasteiger partial charge on any atom is -0.284 e. The molecule has 154 valence electrons. The Hall–Kier alpha value is -2.29. The van der Waals surface area contributed by atoms with Crippen LogP contribution in [0, 0.1) is 6.92 Å². The first kappa shape index (κ1) is 21.4. The second-order valence-corrected chi connectivity index (χ2v) is 9.50. The lowest BCUT2D eigenvalue weighted by molar-refractivity contribution is 0.0988. The van der Waals surface area contributed by atoms with Crippen LogP contribution in [0.1, 0.15) is 36.7 Å². The van der Waals surface area contributed by atoms with Crippen molar-refractivity contribution in [2.24, 2.45) is 0 Å². The normalized spacial score (nSPS) is 11.9. The largest absolute Gasteiger partial charge is 0.284 e. The first-order valence-electron chi connectivity index (χ1n) is 9.61. The van der Waals surface area contributed by atoms with E-state index in [1.54, 1.807) is 37.8 Å². The van der Waals surface area contributed by atoms with E-state index >= 15 is 0 Å². The lowest BCUT2D eigenvalue weighted by Crippen LogP contribution is -2.32. The third kappa shape index (κ3) is 4.05. The van der Waals surface area contributed by atoms with E-state index in [0.29, 0.717) is 35.9 Å². The third-order valence-corrected chi connectivity index (χ3v) is 8.08. The smallest absolute Gasteiger partial charge is 0.260 e. The van der Waals surface area contributed by atoms with Gasteiger partial charge >= 0.3 is 0 Å². The van der Waals surface area contributed by atoms with Gasteiger partial charge in [-0.3, -0.25) is 9.69 Å². The molecule has 1 amide bonds. The first-order valence-corrected chi connectivity index (χ1v) is 11.9. The van der Waals surface area contributed by atoms with Gasteiger partial charge in [-0.1, -0.05) is 43.4 Å². The molecule has 0 unspecified atom stereocenters. The van der Waals surface area contributed by atoms with Gasteiger partial charge in [0.05, 0.1) is 15.1 Å². The Kier molecular flexibility index (Phi) is 6.36. The molecule has 29 heavy (non-hydrogen) atoms. The topological polar surface area (TPSA) is 70.6 Å². The molecule has 0 radical (unpaired) electrons. The minimum absolute atomic E-state index is 0.174. The number of amides is 1. The molecule has 0 spiro atoms. The van der Waals surface area contributed by atoms with Crippen molar-refractivity contribution in [2.45, 2.75) is 32.6 Å². The Morgan fingerprint density at radius 1 is 1.03 bits per heavy atom. The van der Waals surface area contributed by atoms with Gasteiger partial charge < -0.3 is 0 Å². The summed E-state index contributed by atoms with van der Waals surface area (Å²) < 4.78 is 28.4. The number of aryl methyl sites for hydroxylation is 1. The van der Waals surface area contributed by atoms with Crippen molar-refractivity contribution >= 4 is 42.6 Å². The summed E-state index contributed by atoms with van der Waals surface area (Å²) in [5, 5.41) is 0.604. The Balaban J connectivity index is 2.02. The average molecular weight is 432 g/mol. The van der Waals surface area contributed by atoms with Crippen LogP contribution >= 0.6 is 11.3 Å². The second kappa shape index (κ2) is 8.61. The maximum atomic E-state index is 13.2. The van der Waals surface area contributed by atoms with E-state index < -0.39 is 10.0 Å². The summed E-state index contributed by atoms with van der Waals surface area (Å²) in [6.07, 6.45) is 0. The van der Waals surface area contributed by atoms with E-state index in [1.807, 2.05) is 31.2 Å². The maximum Gasteiger partial charge on any atom is 0.260 e. The Morgan fingerprint density at radius 3 is 2.34 bits per heavy atom. The van der Waals surface area contributed by atoms with E-state index in [2.05, 4.69) is 4.98 Å². The van der Waals surface area contributed by atoms with Crippen molar-refractivity contribution in [3.05, 3.63) is 53.6 Å². The molecular formula is C21H25N3O3S2. The highest BCUT2D eigenvalue weighted by molar-refractivity contribution is 7.89. The van der Waals surface area contributed by atoms with Gasteiger partial charge in [0, 0.05) is 25.2 Å². The van der Waals surface area contributed by atoms with Crippen LogP contribution in [0.4, 0.5) is 5.13 Å². The third-order valence-electron chi connectivity index (χ3n) is 4.83. The molecule has 2 aromatic carbocycles. The van der Waals surface area contributed by atoms with Gasteiger partial charge in [0.2, 0.25) is 10.0 Å². The summed E-state index contributed by atoms with van der Waals surface area (Å²) in [7, 11) is -3.66. The molecule has 3 rings (SSSR count). The summed E-state index contributed by atoms with van der Waals surface area (Å²) in [5.74, 6) is -0.262. The van der Waals surface area contributed by atoms with Crippen LogP contribution in [0.5, 0.6) is 0 Å². The zero-order valence-corrected chi connectivity index (χ0v) is 18.7. The number of aromatic nitrogens is 1. The lowest BCUT2D eigenvalue weighted by Gasteiger charge is -2.21. The molecule has 0 saturated heterocycles. The highest BCUT2D eigenvalue weighted by atomic mass is 32.2. The number of hydrogen-bond donors (Lipinski definition) is 0. The Bertz CT molecular complexity index is 1100. The van der Waals surface area contributed by atoms with Crippen molar-refractivity contribution in [1.82, 2.24) is 9.29 Å². The number of rotatable bonds is 7. The van der Waals surface area contributed by atoms with Crippen molar-refractivity contribution in [3.63, 3.8) is 0 Å². The van der Waals surface area contributed by atoms with Crippen LogP contribution in [0.25, 0.3) is 10.2 Å². The monoisotopic (exact) mass is 431 g/mol. The number of carbonyl (C=O) groups excluding carboxylic acids is 1. The van der Waals surface area contributed by atoms with Gasteiger partial charge in [0.25, 0.3) is 5.91 Å². The summed E-state index contributed by atoms with van der Waals surface area (Å²) in [6.45, 7) is 8.42. The highest BCUT2D eigenvalue weighted by Gasteiger charge is 2.26. The maximum absolute atomic E-state index is 13.2. The molecule has 0 aliphatic heterocycles. The van der Waals surface area contributed by atoms with Gasteiger partial charge in [0.15, 0.2) is 5.13 Å². The van der Waals surface area contributed by atoms with Gasteiger partial charge in [-0.2, -0.15) is 4.31 Å². The van der Waals surface area contributed by atoms with E-state index in [9.17, 15) is 13.2 Å². The minimum atomic E-state index is -3.66. The van der Waals surface area contributed by atoms with Crippen LogP contribution in [0.3, 0.4) is 0 Å². The van der Waals surface area contributed by atoms with Gasteiger partial charge in [0.1, 0.15) is 0 Å². The molecule has 0 bridgehead atoms. The van der Waals surface area contributed by atoms with Crippen LogP contribution in [-0.2, 0) is 10.0 Å². The molecule has 0 saturated carbocycles. The standard InChI is InChI=1S/C21H25N3O3S2/c1-5-23(6-2)29(26,27)19-14-16(13-12-15(19)4)20(25)24(7-3)21-22-17-10-8-9-11-18(17)28-21/h8-14H,5-7H2,1-4H3. The van der Waals surface area contributed by atoms with Crippen molar-refractivity contribution < 1.29 is 13.2 Å². The average Bonchev–Trinajstić information content (AvgIpc) is 3.13. The predicted octanol–water partition coefficient (Wildman–Crippen LogP) is 4.30. The van der Waals surface area contributed by atoms with E-state index in [-0.39, 0.29) is 10.8 Å². The van der Waals surface area contributed by atoms with Crippen LogP contribution < -0.4 is 4.90 Å². The number of fused-ring (bicyclic) bond motifs is 1. The zero-order valence-electron chi connectivity index (χ0n) is 17.0. The first-order chi connectivity index (χ1) is 13.8. The molecule has 8 heteroatoms. The summed E-state index contributed by atoms with van der Waals surface area (Å²) in [5.41, 5.74) is 1.80. The second-order valence-electron chi connectivity index (χ2n) is 6.58. The van der Waals surface area contributed by atoms with Crippen molar-refractivity contribution in [3.8, 4) is 0 Å². The number of para-hydroxylation sites is 1. The fraction of sp³-hybridized carbons (Fsp3) is 0.333. The fourth-order valence-corrected chi connectivity index (χ4v) is 5.95. The molecule has 3 aromatic rings. The number of anilines is 1. The molecule has 1 heterocycles. The summed E-state index contributed by atoms with van der Waals surface area (Å²) >= 11 is 1.45. The molecular weight excluding hydrogens is 406 g/mol. The van der Waals surface area contributed by atoms with Gasteiger partial charge in [-0.05, 0) is 43.7 Å². The Labute approximate surface area is 175 Å². The molecule has 0 aliphatic carbocycles. The van der Waals surface area contributed by atoms with Gasteiger partial charge in [-0.15, -0.1) is 0 Å². The van der Waals surface area contributed by atoms with Crippen LogP contribution in [0.15, 0.2) is 47.4 Å². The number of hydrogen-bond acceptors (Lipinski definition) is 5. The van der Waals surface area contributed by atoms with Crippen molar-refractivity contribution in [1.29, 1.82) is 0 Å². The molecule has 0 fully saturated rings. The zero-order chi connectivity index (χ0) is 21.2. The van der Waals surface area contributed by atoms with E-state index in [4.69, 9.17) is 0 Å². The molecule has 0 aliphatic rings. The van der Waals surface area contributed by atoms with Crippen LogP contribution in [-0.4, -0.2) is 43.2 Å². The molecule has 0 atom stereocenters. The number of thiazole rings is 1. The SMILES string of the molecule is CCN(C(=O)c1ccc(C)c(S(=O)(=O)N(CC)CC)c1)c1nc2ccccc2s1. The lowest BCUT2D eigenvalue weighted by atomic mass is 10.1. The fourth-order valence-electron chi connectivity index (χ4n) is 3.21. The number of benzene rings is 2. The van der Waals surface area contributed by atoms with Crippen molar-refractivity contribution in [2.75, 3.05) is 24.5 Å². The molecule has 0 N–H and O–H groups in total. The highest BCUT2D eigenvalue weighted by Crippen LogP contribution is 2.30. The van der Waals surface area contributed by atoms with Gasteiger partial charge in [-0.25, -0.2) is 13.4 Å². The van der Waals surface area contributed by atoms with E-state index in [1.165, 1.54) is 21.7 Å². The van der Waals surface area contributed by atoms with Crippen LogP contribution in [0.2, 0.25) is 0 Å². The molecule has 1 aromatic heterocycles. The number of nitrogens with zero attached hydrogens (tertiary/aromatic N) is 3. The number of sulfonamides is 1. The summed E-state index contributed by atoms with van der Waals surface area (Å²) in [6, 6.07) is 12.6. The molecule has 6 nitrogen and oxygen atoms in total. The predicted molar refractivity (Wildman–Crippen MR) is 118 cm³/mol. The quantitative estimate of drug-likeness (QED) is 0.559. The number of carbonyl (C=O) groups is 1. The summed E-state index contributed by atoms with van der Waals surface area (Å²) in [4.78, 5) is 19.6.